The molecule has 1 amide bonds. The minimum absolute atomic E-state index is 0.226. The Morgan fingerprint density at radius 2 is 1.96 bits per heavy atom. The molecule has 8 heteroatoms. The molecule has 0 saturated carbocycles. The Hall–Kier alpha value is -2.64. The quantitative estimate of drug-likeness (QED) is 0.691. The lowest BCUT2D eigenvalue weighted by Crippen LogP contribution is -2.19. The molecule has 0 atom stereocenters. The molecule has 2 aromatic carbocycles. The van der Waals surface area contributed by atoms with Crippen molar-refractivity contribution < 1.29 is 19.0 Å². The lowest BCUT2D eigenvalue weighted by Gasteiger charge is -2.09. The van der Waals surface area contributed by atoms with Gasteiger partial charge in [0.05, 0.1) is 36.4 Å². The van der Waals surface area contributed by atoms with E-state index in [4.69, 9.17) is 25.8 Å². The second kappa shape index (κ2) is 9.03. The largest absolute Gasteiger partial charge is 0.497 e. The average molecular weight is 419 g/mol. The summed E-state index contributed by atoms with van der Waals surface area (Å²) in [5, 5.41) is 3.67. The monoisotopic (exact) mass is 418 g/mol. The fraction of sp³-hybridized carbons (Fsp3) is 0.200. The van der Waals surface area contributed by atoms with Gasteiger partial charge in [0.25, 0.3) is 5.91 Å². The minimum atomic E-state index is -0.226. The van der Waals surface area contributed by atoms with Crippen molar-refractivity contribution in [2.45, 2.75) is 6.92 Å². The van der Waals surface area contributed by atoms with Crippen LogP contribution in [0.4, 0.5) is 5.69 Å². The lowest BCUT2D eigenvalue weighted by atomic mass is 10.2. The summed E-state index contributed by atoms with van der Waals surface area (Å²) >= 11 is 7.42. The standard InChI is InChI=1S/C20H19ClN2O4S/c1-4-27-16-8-5-12(9-17(16)26-3)10-18-19(24)23-20(28-18)22-15-11-13(25-2)6-7-14(15)21/h5-11H,4H2,1-3H3,(H,22,23,24)/b18-10+. The van der Waals surface area contributed by atoms with Gasteiger partial charge < -0.3 is 19.5 Å². The van der Waals surface area contributed by atoms with E-state index in [-0.39, 0.29) is 5.91 Å². The van der Waals surface area contributed by atoms with E-state index in [2.05, 4.69) is 10.3 Å². The smallest absolute Gasteiger partial charge is 0.264 e. The van der Waals surface area contributed by atoms with Gasteiger partial charge in [-0.2, -0.15) is 0 Å². The van der Waals surface area contributed by atoms with Gasteiger partial charge in [0.15, 0.2) is 16.7 Å². The van der Waals surface area contributed by atoms with Crippen molar-refractivity contribution in [2.75, 3.05) is 20.8 Å². The third-order valence-electron chi connectivity index (χ3n) is 3.81. The SMILES string of the molecule is CCOc1ccc(/C=C2/SC(=Nc3cc(OC)ccc3Cl)NC2=O)cc1OC. The highest BCUT2D eigenvalue weighted by Crippen LogP contribution is 2.34. The summed E-state index contributed by atoms with van der Waals surface area (Å²) in [6, 6.07) is 10.7. The molecule has 0 unspecified atom stereocenters. The Labute approximate surface area is 172 Å². The number of amides is 1. The first kappa shape index (κ1) is 20.1. The number of aliphatic imine (C=N–C) groups is 1. The molecule has 0 spiro atoms. The number of ether oxygens (including phenoxy) is 3. The normalized spacial score (nSPS) is 16.4. The van der Waals surface area contributed by atoms with Crippen molar-refractivity contribution in [2.24, 2.45) is 4.99 Å². The molecule has 146 valence electrons. The fourth-order valence-corrected chi connectivity index (χ4v) is 3.49. The highest BCUT2D eigenvalue weighted by Gasteiger charge is 2.24. The molecular weight excluding hydrogens is 400 g/mol. The Kier molecular flexibility index (Phi) is 6.49. The Morgan fingerprint density at radius 1 is 1.14 bits per heavy atom. The molecule has 1 aliphatic rings. The van der Waals surface area contributed by atoms with E-state index in [1.807, 2.05) is 25.1 Å². The number of hydrogen-bond acceptors (Lipinski definition) is 6. The van der Waals surface area contributed by atoms with Crippen molar-refractivity contribution >= 4 is 46.2 Å². The molecular formula is C20H19ClN2O4S. The summed E-state index contributed by atoms with van der Waals surface area (Å²) in [4.78, 5) is 17.3. The van der Waals surface area contributed by atoms with Crippen molar-refractivity contribution in [1.82, 2.24) is 5.32 Å². The molecule has 1 N–H and O–H groups in total. The maximum Gasteiger partial charge on any atom is 0.264 e. The van der Waals surface area contributed by atoms with Gasteiger partial charge >= 0.3 is 0 Å². The lowest BCUT2D eigenvalue weighted by molar-refractivity contribution is -0.115. The Bertz CT molecular complexity index is 959. The highest BCUT2D eigenvalue weighted by molar-refractivity contribution is 8.18. The number of hydrogen-bond donors (Lipinski definition) is 1. The van der Waals surface area contributed by atoms with Gasteiger partial charge in [-0.25, -0.2) is 4.99 Å². The predicted molar refractivity (Wildman–Crippen MR) is 113 cm³/mol. The molecule has 1 saturated heterocycles. The van der Waals surface area contributed by atoms with Gasteiger partial charge in [0.2, 0.25) is 0 Å². The van der Waals surface area contributed by atoms with Crippen LogP contribution in [0.2, 0.25) is 5.02 Å². The van der Waals surface area contributed by atoms with Crippen LogP contribution in [0.3, 0.4) is 0 Å². The predicted octanol–water partition coefficient (Wildman–Crippen LogP) is 4.65. The first-order chi connectivity index (χ1) is 13.5. The van der Waals surface area contributed by atoms with Crippen LogP contribution < -0.4 is 19.5 Å². The Balaban J connectivity index is 1.85. The zero-order valence-electron chi connectivity index (χ0n) is 15.6. The maximum absolute atomic E-state index is 12.3. The first-order valence-corrected chi connectivity index (χ1v) is 9.67. The molecule has 0 bridgehead atoms. The maximum atomic E-state index is 12.3. The van der Waals surface area contributed by atoms with Crippen molar-refractivity contribution in [1.29, 1.82) is 0 Å². The molecule has 2 aromatic rings. The highest BCUT2D eigenvalue weighted by atomic mass is 35.5. The van der Waals surface area contributed by atoms with Gasteiger partial charge in [0.1, 0.15) is 5.75 Å². The van der Waals surface area contributed by atoms with Crippen LogP contribution in [-0.4, -0.2) is 31.9 Å². The molecule has 1 heterocycles. The summed E-state index contributed by atoms with van der Waals surface area (Å²) in [5.74, 6) is 1.67. The summed E-state index contributed by atoms with van der Waals surface area (Å²) in [6.45, 7) is 2.45. The molecule has 1 fully saturated rings. The van der Waals surface area contributed by atoms with Gasteiger partial charge in [-0.15, -0.1) is 0 Å². The van der Waals surface area contributed by atoms with Crippen LogP contribution in [0.5, 0.6) is 17.2 Å². The molecule has 0 aliphatic carbocycles. The number of thioether (sulfide) groups is 1. The van der Waals surface area contributed by atoms with E-state index < -0.39 is 0 Å². The number of amidine groups is 1. The average Bonchev–Trinajstić information content (AvgIpc) is 3.03. The van der Waals surface area contributed by atoms with Crippen molar-refractivity contribution in [3.05, 3.63) is 51.9 Å². The second-order valence-electron chi connectivity index (χ2n) is 5.64. The molecule has 0 radical (unpaired) electrons. The van der Waals surface area contributed by atoms with Gasteiger partial charge in [0, 0.05) is 6.07 Å². The molecule has 3 rings (SSSR count). The van der Waals surface area contributed by atoms with Gasteiger partial charge in [-0.1, -0.05) is 17.7 Å². The van der Waals surface area contributed by atoms with E-state index in [0.29, 0.717) is 44.6 Å². The topological polar surface area (TPSA) is 69.2 Å². The fourth-order valence-electron chi connectivity index (χ4n) is 2.50. The van der Waals surface area contributed by atoms with Crippen molar-refractivity contribution in [3.8, 4) is 17.2 Å². The van der Waals surface area contributed by atoms with E-state index >= 15 is 0 Å². The zero-order valence-corrected chi connectivity index (χ0v) is 17.2. The third-order valence-corrected chi connectivity index (χ3v) is 5.04. The van der Waals surface area contributed by atoms with Crippen LogP contribution in [-0.2, 0) is 4.79 Å². The number of halogens is 1. The number of benzene rings is 2. The second-order valence-corrected chi connectivity index (χ2v) is 7.08. The van der Waals surface area contributed by atoms with Gasteiger partial charge in [-0.05, 0) is 54.6 Å². The number of nitrogens with one attached hydrogen (secondary N) is 1. The van der Waals surface area contributed by atoms with E-state index in [1.54, 1.807) is 38.5 Å². The molecule has 6 nitrogen and oxygen atoms in total. The zero-order chi connectivity index (χ0) is 20.1. The number of carbonyl (C=O) groups is 1. The number of carbonyl (C=O) groups excluding carboxylic acids is 1. The molecule has 1 aliphatic heterocycles. The third kappa shape index (κ3) is 4.61. The first-order valence-electron chi connectivity index (χ1n) is 8.48. The Morgan fingerprint density at radius 3 is 2.68 bits per heavy atom. The summed E-state index contributed by atoms with van der Waals surface area (Å²) in [6.07, 6.45) is 1.77. The van der Waals surface area contributed by atoms with E-state index in [9.17, 15) is 4.79 Å². The van der Waals surface area contributed by atoms with Crippen LogP contribution >= 0.6 is 23.4 Å². The number of rotatable bonds is 6. The molecule has 0 aromatic heterocycles. The molecule has 28 heavy (non-hydrogen) atoms. The van der Waals surface area contributed by atoms with E-state index in [1.165, 1.54) is 11.8 Å². The number of methoxy groups -OCH3 is 2. The summed E-state index contributed by atoms with van der Waals surface area (Å²) in [7, 11) is 3.15. The van der Waals surface area contributed by atoms with Crippen LogP contribution in [0.15, 0.2) is 46.3 Å². The van der Waals surface area contributed by atoms with Crippen LogP contribution in [0, 0.1) is 0 Å². The van der Waals surface area contributed by atoms with E-state index in [0.717, 1.165) is 5.56 Å². The van der Waals surface area contributed by atoms with Crippen molar-refractivity contribution in [3.63, 3.8) is 0 Å². The number of nitrogens with zero attached hydrogens (tertiary/aromatic N) is 1. The summed E-state index contributed by atoms with van der Waals surface area (Å²) < 4.78 is 16.1. The minimum Gasteiger partial charge on any atom is -0.497 e. The van der Waals surface area contributed by atoms with Crippen LogP contribution in [0.25, 0.3) is 6.08 Å². The summed E-state index contributed by atoms with van der Waals surface area (Å²) in [5.41, 5.74) is 1.34. The van der Waals surface area contributed by atoms with Gasteiger partial charge in [-0.3, -0.25) is 4.79 Å². The van der Waals surface area contributed by atoms with Crippen LogP contribution in [0.1, 0.15) is 12.5 Å².